The van der Waals surface area contributed by atoms with E-state index in [2.05, 4.69) is 16.9 Å². The van der Waals surface area contributed by atoms with Crippen molar-refractivity contribution in [1.82, 2.24) is 5.43 Å². The zero-order chi connectivity index (χ0) is 5.98. The summed E-state index contributed by atoms with van der Waals surface area (Å²) in [6, 6.07) is 0. The van der Waals surface area contributed by atoms with Crippen LogP contribution in [0.25, 0.3) is 0 Å². The quantitative estimate of drug-likeness (QED) is 0.467. The number of hydrogen-bond donors (Lipinski definition) is 1. The molecule has 8 heavy (non-hydrogen) atoms. The van der Waals surface area contributed by atoms with Crippen LogP contribution < -0.4 is 5.43 Å². The van der Waals surface area contributed by atoms with E-state index in [0.29, 0.717) is 6.42 Å². The molecule has 0 aromatic carbocycles. The average molecular weight is 110 g/mol. The van der Waals surface area contributed by atoms with Gasteiger partial charge in [-0.15, -0.1) is 0 Å². The zero-order valence-corrected chi connectivity index (χ0v) is 4.56. The summed E-state index contributed by atoms with van der Waals surface area (Å²) in [5, 5.41) is 3.67. The molecular formula is C5H6N2O. The first-order chi connectivity index (χ1) is 3.79. The molecule has 1 heterocycles. The second-order valence-corrected chi connectivity index (χ2v) is 1.64. The van der Waals surface area contributed by atoms with Crippen LogP contribution >= 0.6 is 0 Å². The Morgan fingerprint density at radius 2 is 2.62 bits per heavy atom. The molecule has 1 rings (SSSR count). The first-order valence-corrected chi connectivity index (χ1v) is 2.36. The number of rotatable bonds is 0. The van der Waals surface area contributed by atoms with Gasteiger partial charge in [-0.1, -0.05) is 0 Å². The number of hydrazone groups is 1. The van der Waals surface area contributed by atoms with Gasteiger partial charge >= 0.3 is 0 Å². The summed E-state index contributed by atoms with van der Waals surface area (Å²) in [7, 11) is 0. The Balaban J connectivity index is 2.55. The number of hydrogen-bond acceptors (Lipinski definition) is 2. The van der Waals surface area contributed by atoms with Gasteiger partial charge in [-0.2, -0.15) is 5.10 Å². The second kappa shape index (κ2) is 1.94. The molecule has 0 spiro atoms. The van der Waals surface area contributed by atoms with Crippen molar-refractivity contribution in [3.63, 3.8) is 0 Å². The van der Waals surface area contributed by atoms with Crippen LogP contribution in [0.4, 0.5) is 0 Å². The second-order valence-electron chi connectivity index (χ2n) is 1.64. The highest BCUT2D eigenvalue weighted by atomic mass is 16.2. The lowest BCUT2D eigenvalue weighted by Crippen LogP contribution is -2.24. The van der Waals surface area contributed by atoms with Crippen LogP contribution in [0, 0.1) is 6.42 Å². The fraction of sp³-hybridized carbons (Fsp3) is 0.400. The molecule has 0 aromatic heterocycles. The van der Waals surface area contributed by atoms with Gasteiger partial charge in [0.25, 0.3) is 0 Å². The maximum atomic E-state index is 10.3. The molecule has 0 fully saturated rings. The smallest absolute Gasteiger partial charge is 0.248 e. The molecule has 0 unspecified atom stereocenters. The lowest BCUT2D eigenvalue weighted by Gasteiger charge is -2.05. The summed E-state index contributed by atoms with van der Waals surface area (Å²) in [5.41, 5.74) is 3.16. The van der Waals surface area contributed by atoms with Crippen molar-refractivity contribution in [2.75, 3.05) is 0 Å². The van der Waals surface area contributed by atoms with Crippen molar-refractivity contribution in [2.45, 2.75) is 13.3 Å². The molecule has 0 saturated heterocycles. The summed E-state index contributed by atoms with van der Waals surface area (Å²) >= 11 is 0. The van der Waals surface area contributed by atoms with Gasteiger partial charge < -0.3 is 0 Å². The highest BCUT2D eigenvalue weighted by Crippen LogP contribution is 1.95. The highest BCUT2D eigenvalue weighted by Gasteiger charge is 2.07. The molecule has 3 heteroatoms. The summed E-state index contributed by atoms with van der Waals surface area (Å²) in [4.78, 5) is 10.3. The number of carbonyl (C=O) groups excluding carboxylic acids is 1. The normalized spacial score (nSPS) is 19.6. The largest absolute Gasteiger partial charge is 0.272 e. The van der Waals surface area contributed by atoms with Gasteiger partial charge in [-0.3, -0.25) is 4.79 Å². The van der Waals surface area contributed by atoms with Gasteiger partial charge in [-0.05, 0) is 6.92 Å². The first-order valence-electron chi connectivity index (χ1n) is 2.36. The van der Waals surface area contributed by atoms with Crippen molar-refractivity contribution >= 4 is 11.6 Å². The third-order valence-corrected chi connectivity index (χ3v) is 0.853. The van der Waals surface area contributed by atoms with Crippen molar-refractivity contribution in [1.29, 1.82) is 0 Å². The number of nitrogens with one attached hydrogen (secondary N) is 1. The van der Waals surface area contributed by atoms with Crippen molar-refractivity contribution < 1.29 is 4.79 Å². The Hall–Kier alpha value is -0.860. The van der Waals surface area contributed by atoms with Crippen LogP contribution in [0.1, 0.15) is 13.3 Å². The van der Waals surface area contributed by atoms with E-state index >= 15 is 0 Å². The number of carbonyl (C=O) groups is 1. The first kappa shape index (κ1) is 5.28. The van der Waals surface area contributed by atoms with Gasteiger partial charge in [0.2, 0.25) is 5.91 Å². The standard InChI is InChI=1S/C5H6N2O/c1-4-2-3-5(8)7-6-4/h2H2,1H3,(H,7,8). The fourth-order valence-corrected chi connectivity index (χ4v) is 0.433. The van der Waals surface area contributed by atoms with E-state index in [1.807, 2.05) is 6.92 Å². The monoisotopic (exact) mass is 110 g/mol. The Labute approximate surface area is 47.8 Å². The van der Waals surface area contributed by atoms with Gasteiger partial charge in [0, 0.05) is 12.1 Å². The number of nitrogens with zero attached hydrogens (tertiary/aromatic N) is 1. The minimum absolute atomic E-state index is 0.226. The molecule has 42 valence electrons. The lowest BCUT2D eigenvalue weighted by atomic mass is 10.2. The van der Waals surface area contributed by atoms with Crippen LogP contribution in [0.2, 0.25) is 0 Å². The topological polar surface area (TPSA) is 41.5 Å². The molecule has 0 saturated carbocycles. The fourth-order valence-electron chi connectivity index (χ4n) is 0.433. The molecule has 1 amide bonds. The van der Waals surface area contributed by atoms with Gasteiger partial charge in [0.15, 0.2) is 0 Å². The van der Waals surface area contributed by atoms with Gasteiger partial charge in [0.1, 0.15) is 0 Å². The summed E-state index contributed by atoms with van der Waals surface area (Å²) in [5.74, 6) is -0.226. The minimum Gasteiger partial charge on any atom is -0.272 e. The van der Waals surface area contributed by atoms with Gasteiger partial charge in [0.05, 0.1) is 6.42 Å². The predicted molar refractivity (Wildman–Crippen MR) is 29.1 cm³/mol. The summed E-state index contributed by atoms with van der Waals surface area (Å²) in [6.07, 6.45) is 3.11. The lowest BCUT2D eigenvalue weighted by molar-refractivity contribution is -0.118. The van der Waals surface area contributed by atoms with E-state index in [-0.39, 0.29) is 5.91 Å². The van der Waals surface area contributed by atoms with E-state index < -0.39 is 0 Å². The molecule has 0 atom stereocenters. The van der Waals surface area contributed by atoms with E-state index in [0.717, 1.165) is 5.71 Å². The molecular weight excluding hydrogens is 104 g/mol. The molecule has 0 aliphatic carbocycles. The SMILES string of the molecule is CC1=NNC(=O)[C]C1. The summed E-state index contributed by atoms with van der Waals surface area (Å²) in [6.45, 7) is 1.84. The summed E-state index contributed by atoms with van der Waals surface area (Å²) < 4.78 is 0. The van der Waals surface area contributed by atoms with E-state index in [4.69, 9.17) is 0 Å². The molecule has 1 aliphatic heterocycles. The predicted octanol–water partition coefficient (Wildman–Crippen LogP) is -0.0365. The van der Waals surface area contributed by atoms with Crippen LogP contribution in [-0.4, -0.2) is 11.6 Å². The van der Waals surface area contributed by atoms with Crippen LogP contribution in [0.15, 0.2) is 5.10 Å². The molecule has 0 bridgehead atoms. The van der Waals surface area contributed by atoms with E-state index in [1.165, 1.54) is 0 Å². The Morgan fingerprint density at radius 3 is 3.00 bits per heavy atom. The van der Waals surface area contributed by atoms with Crippen molar-refractivity contribution in [2.24, 2.45) is 5.10 Å². The molecule has 0 aromatic rings. The average Bonchev–Trinajstić information content (AvgIpc) is 1.77. The zero-order valence-electron chi connectivity index (χ0n) is 4.56. The molecule has 3 nitrogen and oxygen atoms in total. The molecule has 1 aliphatic rings. The van der Waals surface area contributed by atoms with Crippen molar-refractivity contribution in [3.8, 4) is 0 Å². The minimum atomic E-state index is -0.226. The highest BCUT2D eigenvalue weighted by molar-refractivity contribution is 5.96. The van der Waals surface area contributed by atoms with Crippen molar-refractivity contribution in [3.05, 3.63) is 6.42 Å². The Bertz CT molecular complexity index is 139. The Kier molecular flexibility index (Phi) is 1.28. The molecule has 2 radical (unpaired) electrons. The molecule has 1 N–H and O–H groups in total. The number of amides is 1. The van der Waals surface area contributed by atoms with Crippen LogP contribution in [-0.2, 0) is 4.79 Å². The van der Waals surface area contributed by atoms with Crippen LogP contribution in [0.3, 0.4) is 0 Å². The van der Waals surface area contributed by atoms with Gasteiger partial charge in [-0.25, -0.2) is 5.43 Å². The third-order valence-electron chi connectivity index (χ3n) is 0.853. The maximum absolute atomic E-state index is 10.3. The Morgan fingerprint density at radius 1 is 1.88 bits per heavy atom. The van der Waals surface area contributed by atoms with E-state index in [1.54, 1.807) is 0 Å². The maximum Gasteiger partial charge on any atom is 0.248 e. The van der Waals surface area contributed by atoms with Crippen LogP contribution in [0.5, 0.6) is 0 Å². The third kappa shape index (κ3) is 1.05. The van der Waals surface area contributed by atoms with E-state index in [9.17, 15) is 4.79 Å².